The second-order valence-corrected chi connectivity index (χ2v) is 6.51. The number of esters is 1. The molecule has 2 aliphatic rings. The van der Waals surface area contributed by atoms with Gasteiger partial charge in [0.15, 0.2) is 0 Å². The highest BCUT2D eigenvalue weighted by Crippen LogP contribution is 2.45. The van der Waals surface area contributed by atoms with Crippen LogP contribution in [0, 0.1) is 11.8 Å². The number of hydrogen-bond donors (Lipinski definition) is 0. The van der Waals surface area contributed by atoms with Crippen molar-refractivity contribution in [3.8, 4) is 0 Å². The van der Waals surface area contributed by atoms with Crippen LogP contribution in [0.5, 0.6) is 0 Å². The zero-order valence-corrected chi connectivity index (χ0v) is 13.9. The zero-order valence-electron chi connectivity index (χ0n) is 12.7. The third-order valence-corrected chi connectivity index (χ3v) is 5.14. The average Bonchev–Trinajstić information content (AvgIpc) is 2.98. The van der Waals surface area contributed by atoms with Gasteiger partial charge in [0.25, 0.3) is 0 Å². The van der Waals surface area contributed by atoms with Crippen molar-refractivity contribution in [3.05, 3.63) is 0 Å². The van der Waals surface area contributed by atoms with Gasteiger partial charge in [0, 0.05) is 34.6 Å². The van der Waals surface area contributed by atoms with Gasteiger partial charge in [0.2, 0.25) is 5.78 Å². The third kappa shape index (κ3) is 3.83. The van der Waals surface area contributed by atoms with Gasteiger partial charge < -0.3 is 9.26 Å². The molecule has 22 heavy (non-hydrogen) atoms. The van der Waals surface area contributed by atoms with E-state index < -0.39 is 11.7 Å². The molecule has 0 bridgehead atoms. The molecule has 0 aromatic carbocycles. The van der Waals surface area contributed by atoms with Crippen molar-refractivity contribution < 1.29 is 27.6 Å². The Hall–Kier alpha value is -0.610. The first-order chi connectivity index (χ1) is 10.4. The maximum absolute atomic E-state index is 13.7. The Morgan fingerprint density at radius 3 is 2.86 bits per heavy atom. The van der Waals surface area contributed by atoms with Crippen LogP contribution in [0.25, 0.3) is 0 Å². The number of Topliss-reactive ketones (excluding diaryl/α,β-unsaturated/α-hetero) is 1. The van der Waals surface area contributed by atoms with E-state index in [0.29, 0.717) is 32.1 Å². The molecule has 4 unspecified atom stereocenters. The van der Waals surface area contributed by atoms with Crippen LogP contribution in [0.3, 0.4) is 0 Å². The van der Waals surface area contributed by atoms with E-state index in [-0.39, 0.29) is 42.9 Å². The summed E-state index contributed by atoms with van der Waals surface area (Å²) < 4.78 is 38.0. The van der Waals surface area contributed by atoms with Crippen LogP contribution in [-0.4, -0.2) is 29.9 Å². The SMILES string of the molecule is CCCCC(F)(F)C(=O)CC[C@H]1C(OP)CC2OC(=O)CC21. The summed E-state index contributed by atoms with van der Waals surface area (Å²) in [5.74, 6) is -4.60. The predicted octanol–water partition coefficient (Wildman–Crippen LogP) is 3.29. The number of unbranched alkanes of at least 4 members (excludes halogenated alkanes) is 1. The number of ether oxygens (including phenoxy) is 1. The van der Waals surface area contributed by atoms with Crippen LogP contribution in [-0.2, 0) is 18.8 Å². The van der Waals surface area contributed by atoms with Crippen molar-refractivity contribution in [3.63, 3.8) is 0 Å². The first-order valence-electron chi connectivity index (χ1n) is 7.85. The van der Waals surface area contributed by atoms with Crippen molar-refractivity contribution in [2.75, 3.05) is 0 Å². The molecule has 0 amide bonds. The lowest BCUT2D eigenvalue weighted by Crippen LogP contribution is -2.30. The monoisotopic (exact) mass is 336 g/mol. The molecule has 0 spiro atoms. The molecule has 1 heterocycles. The average molecular weight is 336 g/mol. The minimum atomic E-state index is -3.24. The Kier molecular flexibility index (Phi) is 5.89. The number of halogens is 2. The summed E-state index contributed by atoms with van der Waals surface area (Å²) in [4.78, 5) is 23.1. The fourth-order valence-corrected chi connectivity index (χ4v) is 3.85. The van der Waals surface area contributed by atoms with Crippen molar-refractivity contribution in [2.45, 2.75) is 70.0 Å². The van der Waals surface area contributed by atoms with Crippen LogP contribution in [0.15, 0.2) is 0 Å². The molecule has 7 heteroatoms. The van der Waals surface area contributed by atoms with Crippen molar-refractivity contribution in [1.82, 2.24) is 0 Å². The van der Waals surface area contributed by atoms with E-state index in [0.717, 1.165) is 0 Å². The van der Waals surface area contributed by atoms with Crippen LogP contribution in [0.1, 0.15) is 51.9 Å². The number of carbonyl (C=O) groups excluding carboxylic acids is 2. The van der Waals surface area contributed by atoms with E-state index >= 15 is 0 Å². The van der Waals surface area contributed by atoms with Crippen LogP contribution in [0.2, 0.25) is 0 Å². The standard InChI is InChI=1S/C15H23F2O4P/c1-2-3-6-15(16,17)13(18)5-4-9-10-7-14(19)20-11(10)8-12(9)21-22/h9-12H,2-8,22H2,1H3/t9-,10?,11?,12?/m1/s1. The highest BCUT2D eigenvalue weighted by atomic mass is 31.0. The maximum Gasteiger partial charge on any atom is 0.306 e. The fourth-order valence-electron chi connectivity index (χ4n) is 3.53. The third-order valence-electron chi connectivity index (χ3n) is 4.79. The molecule has 0 radical (unpaired) electrons. The quantitative estimate of drug-likeness (QED) is 0.504. The molecule has 1 saturated heterocycles. The van der Waals surface area contributed by atoms with Gasteiger partial charge in [-0.3, -0.25) is 9.59 Å². The molecule has 4 nitrogen and oxygen atoms in total. The summed E-state index contributed by atoms with van der Waals surface area (Å²) >= 11 is 0. The van der Waals surface area contributed by atoms with Crippen molar-refractivity contribution in [1.29, 1.82) is 0 Å². The van der Waals surface area contributed by atoms with Gasteiger partial charge in [0.05, 0.1) is 12.5 Å². The van der Waals surface area contributed by atoms with E-state index in [4.69, 9.17) is 9.26 Å². The minimum absolute atomic E-state index is 0.0184. The van der Waals surface area contributed by atoms with Gasteiger partial charge in [-0.2, -0.15) is 8.78 Å². The molecule has 5 atom stereocenters. The minimum Gasteiger partial charge on any atom is -0.462 e. The highest BCUT2D eigenvalue weighted by Gasteiger charge is 2.50. The first kappa shape index (κ1) is 17.7. The van der Waals surface area contributed by atoms with Crippen molar-refractivity contribution in [2.24, 2.45) is 11.8 Å². The Bertz CT molecular complexity index is 430. The van der Waals surface area contributed by atoms with E-state index in [1.54, 1.807) is 0 Å². The molecule has 0 aromatic rings. The molecule has 2 rings (SSSR count). The van der Waals surface area contributed by atoms with Crippen LogP contribution < -0.4 is 0 Å². The fraction of sp³-hybridized carbons (Fsp3) is 0.867. The summed E-state index contributed by atoms with van der Waals surface area (Å²) in [6.45, 7) is 1.82. The lowest BCUT2D eigenvalue weighted by atomic mass is 9.87. The second kappa shape index (κ2) is 7.31. The maximum atomic E-state index is 13.7. The lowest BCUT2D eigenvalue weighted by Gasteiger charge is -2.22. The number of fused-ring (bicyclic) bond motifs is 1. The van der Waals surface area contributed by atoms with Crippen LogP contribution >= 0.6 is 9.47 Å². The number of carbonyl (C=O) groups is 2. The van der Waals surface area contributed by atoms with Crippen molar-refractivity contribution >= 4 is 21.2 Å². The van der Waals surface area contributed by atoms with Gasteiger partial charge in [0.1, 0.15) is 6.10 Å². The summed E-state index contributed by atoms with van der Waals surface area (Å²) in [6.07, 6.45) is 1.24. The molecule has 1 aliphatic carbocycles. The molecular formula is C15H23F2O4P. The number of alkyl halides is 2. The Labute approximate surface area is 131 Å². The first-order valence-corrected chi connectivity index (χ1v) is 8.32. The second-order valence-electron chi connectivity index (χ2n) is 6.24. The zero-order chi connectivity index (χ0) is 16.3. The van der Waals surface area contributed by atoms with Crippen LogP contribution in [0.4, 0.5) is 8.78 Å². The molecule has 2 fully saturated rings. The molecular weight excluding hydrogens is 313 g/mol. The van der Waals surface area contributed by atoms with Gasteiger partial charge in [-0.25, -0.2) is 0 Å². The largest absolute Gasteiger partial charge is 0.462 e. The highest BCUT2D eigenvalue weighted by molar-refractivity contribution is 7.09. The molecule has 1 saturated carbocycles. The Morgan fingerprint density at radius 2 is 2.23 bits per heavy atom. The van der Waals surface area contributed by atoms with E-state index in [9.17, 15) is 18.4 Å². The van der Waals surface area contributed by atoms with Gasteiger partial charge in [-0.15, -0.1) is 0 Å². The molecule has 1 aliphatic heterocycles. The van der Waals surface area contributed by atoms with Gasteiger partial charge >= 0.3 is 11.9 Å². The Morgan fingerprint density at radius 1 is 1.50 bits per heavy atom. The number of hydrogen-bond acceptors (Lipinski definition) is 4. The summed E-state index contributed by atoms with van der Waals surface area (Å²) in [5, 5.41) is 0. The lowest BCUT2D eigenvalue weighted by molar-refractivity contribution is -0.144. The summed E-state index contributed by atoms with van der Waals surface area (Å²) in [6, 6.07) is 0. The van der Waals surface area contributed by atoms with E-state index in [1.165, 1.54) is 0 Å². The molecule has 0 N–H and O–H groups in total. The smallest absolute Gasteiger partial charge is 0.306 e. The summed E-state index contributed by atoms with van der Waals surface area (Å²) in [7, 11) is 2.18. The number of rotatable bonds is 8. The van der Waals surface area contributed by atoms with E-state index in [1.807, 2.05) is 6.92 Å². The van der Waals surface area contributed by atoms with Gasteiger partial charge in [-0.05, 0) is 18.8 Å². The Balaban J connectivity index is 1.91. The molecule has 126 valence electrons. The topological polar surface area (TPSA) is 52.6 Å². The normalized spacial score (nSPS) is 31.2. The number of ketones is 1. The van der Waals surface area contributed by atoms with E-state index in [2.05, 4.69) is 9.47 Å². The van der Waals surface area contributed by atoms with Gasteiger partial charge in [-0.1, -0.05) is 13.3 Å². The summed E-state index contributed by atoms with van der Waals surface area (Å²) in [5.41, 5.74) is 0. The predicted molar refractivity (Wildman–Crippen MR) is 79.4 cm³/mol. The molecule has 0 aromatic heterocycles.